The SMILES string of the molecule is CCCCCOc1ccccc1CNCC1CC1. The third-order valence-electron chi connectivity index (χ3n) is 3.42. The van der Waals surface area contributed by atoms with Gasteiger partial charge in [0.15, 0.2) is 0 Å². The Labute approximate surface area is 111 Å². The zero-order chi connectivity index (χ0) is 12.6. The van der Waals surface area contributed by atoms with Gasteiger partial charge in [-0.15, -0.1) is 0 Å². The van der Waals surface area contributed by atoms with Crippen molar-refractivity contribution < 1.29 is 4.74 Å². The number of hydrogen-bond donors (Lipinski definition) is 1. The van der Waals surface area contributed by atoms with Gasteiger partial charge in [-0.1, -0.05) is 38.0 Å². The van der Waals surface area contributed by atoms with E-state index in [1.807, 2.05) is 0 Å². The summed E-state index contributed by atoms with van der Waals surface area (Å²) < 4.78 is 5.87. The van der Waals surface area contributed by atoms with E-state index in [2.05, 4.69) is 36.5 Å². The molecule has 1 N–H and O–H groups in total. The van der Waals surface area contributed by atoms with E-state index in [-0.39, 0.29) is 0 Å². The molecule has 0 saturated heterocycles. The number of hydrogen-bond acceptors (Lipinski definition) is 2. The lowest BCUT2D eigenvalue weighted by atomic mass is 10.2. The molecule has 1 saturated carbocycles. The van der Waals surface area contributed by atoms with Crippen molar-refractivity contribution in [2.75, 3.05) is 13.2 Å². The van der Waals surface area contributed by atoms with Crippen molar-refractivity contribution in [3.05, 3.63) is 29.8 Å². The average Bonchev–Trinajstić information content (AvgIpc) is 3.20. The van der Waals surface area contributed by atoms with Crippen LogP contribution in [0.1, 0.15) is 44.6 Å². The minimum absolute atomic E-state index is 0.841. The topological polar surface area (TPSA) is 21.3 Å². The Morgan fingerprint density at radius 1 is 1.22 bits per heavy atom. The fourth-order valence-electron chi connectivity index (χ4n) is 2.06. The fraction of sp³-hybridized carbons (Fsp3) is 0.625. The van der Waals surface area contributed by atoms with Crippen LogP contribution in [0.15, 0.2) is 24.3 Å². The lowest BCUT2D eigenvalue weighted by Gasteiger charge is -2.12. The summed E-state index contributed by atoms with van der Waals surface area (Å²) >= 11 is 0. The zero-order valence-corrected chi connectivity index (χ0v) is 11.5. The molecule has 0 unspecified atom stereocenters. The van der Waals surface area contributed by atoms with Crippen LogP contribution in [0.4, 0.5) is 0 Å². The van der Waals surface area contributed by atoms with Crippen LogP contribution >= 0.6 is 0 Å². The molecule has 0 bridgehead atoms. The first-order valence-corrected chi connectivity index (χ1v) is 7.31. The number of nitrogens with one attached hydrogen (secondary N) is 1. The highest BCUT2D eigenvalue weighted by molar-refractivity contribution is 5.33. The van der Waals surface area contributed by atoms with E-state index in [4.69, 9.17) is 4.74 Å². The van der Waals surface area contributed by atoms with Gasteiger partial charge in [0.1, 0.15) is 5.75 Å². The number of para-hydroxylation sites is 1. The van der Waals surface area contributed by atoms with E-state index in [1.54, 1.807) is 0 Å². The number of unbranched alkanes of at least 4 members (excludes halogenated alkanes) is 2. The maximum absolute atomic E-state index is 5.87. The third kappa shape index (κ3) is 4.69. The normalized spacial score (nSPS) is 14.7. The van der Waals surface area contributed by atoms with Gasteiger partial charge in [0.25, 0.3) is 0 Å². The Morgan fingerprint density at radius 2 is 2.06 bits per heavy atom. The first kappa shape index (κ1) is 13.4. The third-order valence-corrected chi connectivity index (χ3v) is 3.42. The smallest absolute Gasteiger partial charge is 0.123 e. The highest BCUT2D eigenvalue weighted by atomic mass is 16.5. The largest absolute Gasteiger partial charge is 0.493 e. The van der Waals surface area contributed by atoms with Gasteiger partial charge in [-0.05, 0) is 37.8 Å². The fourth-order valence-corrected chi connectivity index (χ4v) is 2.06. The van der Waals surface area contributed by atoms with Crippen molar-refractivity contribution >= 4 is 0 Å². The van der Waals surface area contributed by atoms with Gasteiger partial charge >= 0.3 is 0 Å². The molecule has 0 heterocycles. The quantitative estimate of drug-likeness (QED) is 0.671. The number of ether oxygens (including phenoxy) is 1. The lowest BCUT2D eigenvalue weighted by molar-refractivity contribution is 0.302. The van der Waals surface area contributed by atoms with E-state index < -0.39 is 0 Å². The molecular formula is C16H25NO. The maximum Gasteiger partial charge on any atom is 0.123 e. The molecule has 0 atom stereocenters. The van der Waals surface area contributed by atoms with Crippen molar-refractivity contribution in [1.82, 2.24) is 5.32 Å². The van der Waals surface area contributed by atoms with Gasteiger partial charge in [-0.2, -0.15) is 0 Å². The monoisotopic (exact) mass is 247 g/mol. The molecule has 0 aliphatic heterocycles. The first-order valence-electron chi connectivity index (χ1n) is 7.31. The maximum atomic E-state index is 5.87. The minimum Gasteiger partial charge on any atom is -0.493 e. The highest BCUT2D eigenvalue weighted by Gasteiger charge is 2.20. The van der Waals surface area contributed by atoms with Crippen molar-refractivity contribution in [3.63, 3.8) is 0 Å². The molecule has 1 aliphatic carbocycles. The Kier molecular flexibility index (Phi) is 5.53. The van der Waals surface area contributed by atoms with Crippen LogP contribution in [0.5, 0.6) is 5.75 Å². The van der Waals surface area contributed by atoms with E-state index in [0.717, 1.165) is 37.8 Å². The molecule has 0 aromatic heterocycles. The summed E-state index contributed by atoms with van der Waals surface area (Å²) in [5.74, 6) is 1.99. The van der Waals surface area contributed by atoms with Gasteiger partial charge < -0.3 is 10.1 Å². The van der Waals surface area contributed by atoms with Crippen LogP contribution < -0.4 is 10.1 Å². The molecule has 2 heteroatoms. The molecule has 1 aliphatic rings. The minimum atomic E-state index is 0.841. The summed E-state index contributed by atoms with van der Waals surface area (Å²) in [4.78, 5) is 0. The second kappa shape index (κ2) is 7.42. The molecule has 1 aromatic rings. The second-order valence-electron chi connectivity index (χ2n) is 5.24. The van der Waals surface area contributed by atoms with Crippen LogP contribution in [0, 0.1) is 5.92 Å². The summed E-state index contributed by atoms with van der Waals surface area (Å²) in [5.41, 5.74) is 1.29. The Morgan fingerprint density at radius 3 is 2.83 bits per heavy atom. The van der Waals surface area contributed by atoms with Crippen molar-refractivity contribution in [2.45, 2.75) is 45.6 Å². The molecule has 1 fully saturated rings. The van der Waals surface area contributed by atoms with Gasteiger partial charge in [0, 0.05) is 12.1 Å². The van der Waals surface area contributed by atoms with Crippen molar-refractivity contribution in [2.24, 2.45) is 5.92 Å². The number of rotatable bonds is 9. The Balaban J connectivity index is 1.75. The predicted molar refractivity (Wildman–Crippen MR) is 75.9 cm³/mol. The molecule has 0 spiro atoms. The van der Waals surface area contributed by atoms with Crippen molar-refractivity contribution in [1.29, 1.82) is 0 Å². The summed E-state index contributed by atoms with van der Waals surface area (Å²) in [6, 6.07) is 8.39. The summed E-state index contributed by atoms with van der Waals surface area (Å²) in [5, 5.41) is 3.53. The van der Waals surface area contributed by atoms with Crippen LogP contribution in [0.25, 0.3) is 0 Å². The summed E-state index contributed by atoms with van der Waals surface area (Å²) in [6.45, 7) is 5.15. The van der Waals surface area contributed by atoms with Gasteiger partial charge in [-0.25, -0.2) is 0 Å². The summed E-state index contributed by atoms with van der Waals surface area (Å²) in [6.07, 6.45) is 6.46. The van der Waals surface area contributed by atoms with Gasteiger partial charge in [0.05, 0.1) is 6.61 Å². The second-order valence-corrected chi connectivity index (χ2v) is 5.24. The molecular weight excluding hydrogens is 222 g/mol. The molecule has 18 heavy (non-hydrogen) atoms. The molecule has 2 nitrogen and oxygen atoms in total. The standard InChI is InChI=1S/C16H25NO/c1-2-3-6-11-18-16-8-5-4-7-15(16)13-17-12-14-9-10-14/h4-5,7-8,14,17H,2-3,6,9-13H2,1H3. The first-order chi connectivity index (χ1) is 8.90. The van der Waals surface area contributed by atoms with E-state index >= 15 is 0 Å². The van der Waals surface area contributed by atoms with Crippen LogP contribution in [-0.2, 0) is 6.54 Å². The van der Waals surface area contributed by atoms with Crippen molar-refractivity contribution in [3.8, 4) is 5.75 Å². The number of benzene rings is 1. The molecule has 2 rings (SSSR count). The summed E-state index contributed by atoms with van der Waals surface area (Å²) in [7, 11) is 0. The average molecular weight is 247 g/mol. The van der Waals surface area contributed by atoms with Crippen LogP contribution in [0.3, 0.4) is 0 Å². The Bertz CT molecular complexity index is 347. The Hall–Kier alpha value is -1.02. The molecule has 0 radical (unpaired) electrons. The lowest BCUT2D eigenvalue weighted by Crippen LogP contribution is -2.16. The molecule has 1 aromatic carbocycles. The van der Waals surface area contributed by atoms with Gasteiger partial charge in [-0.3, -0.25) is 0 Å². The molecule has 100 valence electrons. The van der Waals surface area contributed by atoms with Crippen LogP contribution in [-0.4, -0.2) is 13.2 Å². The highest BCUT2D eigenvalue weighted by Crippen LogP contribution is 2.28. The predicted octanol–water partition coefficient (Wildman–Crippen LogP) is 3.76. The van der Waals surface area contributed by atoms with Crippen LogP contribution in [0.2, 0.25) is 0 Å². The van der Waals surface area contributed by atoms with Gasteiger partial charge in [0.2, 0.25) is 0 Å². The molecule has 0 amide bonds. The zero-order valence-electron chi connectivity index (χ0n) is 11.5. The van der Waals surface area contributed by atoms with E-state index in [9.17, 15) is 0 Å². The van der Waals surface area contributed by atoms with E-state index in [1.165, 1.54) is 31.2 Å². The van der Waals surface area contributed by atoms with E-state index in [0.29, 0.717) is 0 Å².